The molecule has 0 N–H and O–H groups in total. The number of ether oxygens (including phenoxy) is 3. The fourth-order valence-corrected chi connectivity index (χ4v) is 6.87. The molecule has 1 unspecified atom stereocenters. The third kappa shape index (κ3) is 49.3. The Morgan fingerprint density at radius 2 is 0.641 bits per heavy atom. The van der Waals surface area contributed by atoms with Crippen LogP contribution in [-0.2, 0) is 28.6 Å². The van der Waals surface area contributed by atoms with Crippen molar-refractivity contribution >= 4 is 17.9 Å². The van der Waals surface area contributed by atoms with Crippen molar-refractivity contribution in [3.8, 4) is 0 Å². The molecule has 0 aromatic carbocycles. The summed E-state index contributed by atoms with van der Waals surface area (Å²) in [5, 5.41) is 0. The van der Waals surface area contributed by atoms with Crippen molar-refractivity contribution in [1.82, 2.24) is 0 Å². The van der Waals surface area contributed by atoms with Crippen molar-refractivity contribution < 1.29 is 28.6 Å². The summed E-state index contributed by atoms with van der Waals surface area (Å²) in [5.41, 5.74) is 0. The Bertz CT molecular complexity index is 1300. The van der Waals surface area contributed by atoms with Crippen LogP contribution in [0.3, 0.4) is 0 Å². The second-order valence-corrected chi connectivity index (χ2v) is 17.0. The summed E-state index contributed by atoms with van der Waals surface area (Å²) < 4.78 is 16.7. The molecule has 1 atom stereocenters. The van der Waals surface area contributed by atoms with Crippen molar-refractivity contribution in [2.45, 2.75) is 239 Å². The number of carbonyl (C=O) groups excluding carboxylic acids is 3. The highest BCUT2D eigenvalue weighted by Gasteiger charge is 2.19. The Morgan fingerprint density at radius 3 is 1.06 bits per heavy atom. The monoisotopic (exact) mass is 889 g/mol. The third-order valence-electron chi connectivity index (χ3n) is 10.8. The molecule has 0 fully saturated rings. The van der Waals surface area contributed by atoms with Crippen LogP contribution in [0.5, 0.6) is 0 Å². The van der Waals surface area contributed by atoms with E-state index in [9.17, 15) is 14.4 Å². The SMILES string of the molecule is CC/C=C\C/C=C\C/C=C\C/C=C\C/C=C\CCCCCC(=O)OCC(COC(=O)CC/C=C\C/C=C\CCCCCCCC)OC(=O)CCCCC/C=C\CCCCCCCCC. The van der Waals surface area contributed by atoms with Gasteiger partial charge in [0.1, 0.15) is 13.2 Å². The number of hydrogen-bond acceptors (Lipinski definition) is 6. The summed E-state index contributed by atoms with van der Waals surface area (Å²) in [5.74, 6) is -1.04. The number of carbonyl (C=O) groups is 3. The van der Waals surface area contributed by atoms with Gasteiger partial charge in [0.25, 0.3) is 0 Å². The van der Waals surface area contributed by atoms with Gasteiger partial charge in [-0.25, -0.2) is 0 Å². The maximum Gasteiger partial charge on any atom is 0.306 e. The number of hydrogen-bond donors (Lipinski definition) is 0. The summed E-state index contributed by atoms with van der Waals surface area (Å²) in [4.78, 5) is 37.9. The molecule has 6 heteroatoms. The molecule has 0 radical (unpaired) electrons. The Balaban J connectivity index is 4.52. The second-order valence-electron chi connectivity index (χ2n) is 17.0. The van der Waals surface area contributed by atoms with Crippen LogP contribution in [0.25, 0.3) is 0 Å². The van der Waals surface area contributed by atoms with Gasteiger partial charge >= 0.3 is 17.9 Å². The van der Waals surface area contributed by atoms with Crippen LogP contribution in [-0.4, -0.2) is 37.2 Å². The number of esters is 3. The summed E-state index contributed by atoms with van der Waals surface area (Å²) >= 11 is 0. The highest BCUT2D eigenvalue weighted by Crippen LogP contribution is 2.12. The zero-order chi connectivity index (χ0) is 46.5. The fraction of sp³-hybridized carbons (Fsp3) is 0.672. The normalized spacial score (nSPS) is 12.9. The molecule has 0 aliphatic heterocycles. The minimum Gasteiger partial charge on any atom is -0.462 e. The van der Waals surface area contributed by atoms with Crippen molar-refractivity contribution in [2.24, 2.45) is 0 Å². The second kappa shape index (κ2) is 52.0. The van der Waals surface area contributed by atoms with Crippen LogP contribution in [0.2, 0.25) is 0 Å². The first-order chi connectivity index (χ1) is 31.5. The van der Waals surface area contributed by atoms with Gasteiger partial charge in [0.2, 0.25) is 0 Å². The van der Waals surface area contributed by atoms with E-state index in [1.807, 2.05) is 6.08 Å². The average molecular weight is 889 g/mol. The van der Waals surface area contributed by atoms with Gasteiger partial charge in [-0.2, -0.15) is 0 Å². The topological polar surface area (TPSA) is 78.9 Å². The molecular formula is C58H96O6. The van der Waals surface area contributed by atoms with E-state index in [2.05, 4.69) is 112 Å². The molecule has 0 aliphatic rings. The predicted octanol–water partition coefficient (Wildman–Crippen LogP) is 17.4. The lowest BCUT2D eigenvalue weighted by Gasteiger charge is -2.18. The van der Waals surface area contributed by atoms with Crippen molar-refractivity contribution in [1.29, 1.82) is 0 Å². The minimum absolute atomic E-state index is 0.119. The fourth-order valence-electron chi connectivity index (χ4n) is 6.87. The molecule has 0 rings (SSSR count). The molecule has 6 nitrogen and oxygen atoms in total. The Kier molecular flexibility index (Phi) is 49.0. The van der Waals surface area contributed by atoms with E-state index in [-0.39, 0.29) is 44.0 Å². The Morgan fingerprint density at radius 1 is 0.328 bits per heavy atom. The van der Waals surface area contributed by atoms with Crippen LogP contribution in [0.4, 0.5) is 0 Å². The first kappa shape index (κ1) is 60.3. The van der Waals surface area contributed by atoms with Crippen molar-refractivity contribution in [3.05, 3.63) is 97.2 Å². The van der Waals surface area contributed by atoms with E-state index >= 15 is 0 Å². The molecule has 0 spiro atoms. The maximum absolute atomic E-state index is 12.8. The Hall–Kier alpha value is -3.67. The summed E-state index contributed by atoms with van der Waals surface area (Å²) in [6, 6.07) is 0. The highest BCUT2D eigenvalue weighted by atomic mass is 16.6. The standard InChI is InChI=1S/C58H96O6/c1-4-7-10-13-16-19-22-25-27-28-29-30-31-34-36-39-42-45-48-51-57(60)63-54-55(53-62-56(59)50-47-44-41-38-35-32-24-21-18-15-12-9-6-3)64-58(61)52-49-46-43-40-37-33-26-23-20-17-14-11-8-5-2/h7,10,16,19,25,27,29-30,32-37,41,44,55H,4-6,8-9,11-15,17-18,20-24,26,28,31,38-40,42-43,45-54H2,1-3H3/b10-7-,19-16-,27-25-,30-29-,35-32-,36-34-,37-33-,44-41-. The van der Waals surface area contributed by atoms with Gasteiger partial charge < -0.3 is 14.2 Å². The molecule has 0 aromatic rings. The van der Waals surface area contributed by atoms with Crippen LogP contribution in [0, 0.1) is 0 Å². The molecule has 64 heavy (non-hydrogen) atoms. The van der Waals surface area contributed by atoms with Gasteiger partial charge in [-0.05, 0) is 109 Å². The zero-order valence-corrected chi connectivity index (χ0v) is 41.5. The minimum atomic E-state index is -0.822. The van der Waals surface area contributed by atoms with Gasteiger partial charge in [0.05, 0.1) is 0 Å². The number of unbranched alkanes of at least 4 members (excludes halogenated alkanes) is 19. The molecule has 364 valence electrons. The van der Waals surface area contributed by atoms with Crippen LogP contribution in [0.1, 0.15) is 233 Å². The Labute approximate surface area is 394 Å². The number of rotatable bonds is 46. The molecule has 0 aromatic heterocycles. The van der Waals surface area contributed by atoms with E-state index in [1.165, 1.54) is 83.5 Å². The molecule has 0 saturated heterocycles. The van der Waals surface area contributed by atoms with Crippen molar-refractivity contribution in [3.63, 3.8) is 0 Å². The average Bonchev–Trinajstić information content (AvgIpc) is 3.29. The van der Waals surface area contributed by atoms with Gasteiger partial charge in [-0.3, -0.25) is 14.4 Å². The van der Waals surface area contributed by atoms with E-state index in [0.717, 1.165) is 103 Å². The quantitative estimate of drug-likeness (QED) is 0.0262. The lowest BCUT2D eigenvalue weighted by Crippen LogP contribution is -2.30. The molecule has 0 bridgehead atoms. The smallest absolute Gasteiger partial charge is 0.306 e. The van der Waals surface area contributed by atoms with Gasteiger partial charge in [-0.15, -0.1) is 0 Å². The molecular weight excluding hydrogens is 793 g/mol. The molecule has 0 heterocycles. The van der Waals surface area contributed by atoms with Crippen molar-refractivity contribution in [2.75, 3.05) is 13.2 Å². The summed E-state index contributed by atoms with van der Waals surface area (Å²) in [6.45, 7) is 6.41. The lowest BCUT2D eigenvalue weighted by molar-refractivity contribution is -0.166. The van der Waals surface area contributed by atoms with Gasteiger partial charge in [0.15, 0.2) is 6.10 Å². The highest BCUT2D eigenvalue weighted by molar-refractivity contribution is 5.71. The zero-order valence-electron chi connectivity index (χ0n) is 41.5. The van der Waals surface area contributed by atoms with Crippen LogP contribution in [0.15, 0.2) is 97.2 Å². The van der Waals surface area contributed by atoms with Crippen LogP contribution >= 0.6 is 0 Å². The predicted molar refractivity (Wildman–Crippen MR) is 274 cm³/mol. The maximum atomic E-state index is 12.8. The van der Waals surface area contributed by atoms with Gasteiger partial charge in [-0.1, -0.05) is 201 Å². The summed E-state index contributed by atoms with van der Waals surface area (Å²) in [6.07, 6.45) is 68.3. The lowest BCUT2D eigenvalue weighted by atomic mass is 10.1. The summed E-state index contributed by atoms with van der Waals surface area (Å²) in [7, 11) is 0. The molecule has 0 saturated carbocycles. The first-order valence-corrected chi connectivity index (χ1v) is 26.2. The third-order valence-corrected chi connectivity index (χ3v) is 10.8. The van der Waals surface area contributed by atoms with Gasteiger partial charge in [0, 0.05) is 19.3 Å². The van der Waals surface area contributed by atoms with Crippen LogP contribution < -0.4 is 0 Å². The van der Waals surface area contributed by atoms with E-state index in [4.69, 9.17) is 14.2 Å². The van der Waals surface area contributed by atoms with E-state index in [0.29, 0.717) is 12.8 Å². The number of allylic oxidation sites excluding steroid dienone is 16. The molecule has 0 amide bonds. The largest absolute Gasteiger partial charge is 0.462 e. The molecule has 0 aliphatic carbocycles. The van der Waals surface area contributed by atoms with E-state index < -0.39 is 6.10 Å². The first-order valence-electron chi connectivity index (χ1n) is 26.2. The van der Waals surface area contributed by atoms with E-state index in [1.54, 1.807) is 0 Å².